The Kier molecular flexibility index (Phi) is 9.27. The number of hydrogen-bond acceptors (Lipinski definition) is 3. The van der Waals surface area contributed by atoms with E-state index in [-0.39, 0.29) is 11.8 Å². The molecule has 1 aromatic rings. The van der Waals surface area contributed by atoms with Crippen molar-refractivity contribution in [3.63, 3.8) is 0 Å². The van der Waals surface area contributed by atoms with E-state index >= 15 is 0 Å². The van der Waals surface area contributed by atoms with E-state index in [9.17, 15) is 9.59 Å². The lowest BCUT2D eigenvalue weighted by molar-refractivity contribution is 0.0600. The lowest BCUT2D eigenvalue weighted by Gasteiger charge is -2.07. The van der Waals surface area contributed by atoms with E-state index in [0.29, 0.717) is 11.1 Å². The smallest absolute Gasteiger partial charge is 0.337 e. The third-order valence-electron chi connectivity index (χ3n) is 4.14. The lowest BCUT2D eigenvalue weighted by Crippen LogP contribution is -2.05. The number of unbranched alkanes of at least 4 members (excludes halogenated alkanes) is 7. The minimum Gasteiger partial charge on any atom is -0.465 e. The van der Waals surface area contributed by atoms with Crippen molar-refractivity contribution < 1.29 is 14.3 Å². The van der Waals surface area contributed by atoms with Gasteiger partial charge in [-0.05, 0) is 43.5 Å². The molecule has 23 heavy (non-hydrogen) atoms. The van der Waals surface area contributed by atoms with Gasteiger partial charge in [0.05, 0.1) is 12.7 Å². The Morgan fingerprint density at radius 3 is 2.00 bits per heavy atom. The van der Waals surface area contributed by atoms with Gasteiger partial charge in [0.25, 0.3) is 0 Å². The largest absolute Gasteiger partial charge is 0.465 e. The normalized spacial score (nSPS) is 10.6. The number of methoxy groups -OCH3 is 1. The van der Waals surface area contributed by atoms with Crippen molar-refractivity contribution in [3.05, 3.63) is 34.9 Å². The number of rotatable bonds is 11. The predicted molar refractivity (Wildman–Crippen MR) is 94.1 cm³/mol. The molecule has 0 radical (unpaired) electrons. The van der Waals surface area contributed by atoms with Crippen molar-refractivity contribution in [2.75, 3.05) is 7.11 Å². The summed E-state index contributed by atoms with van der Waals surface area (Å²) in [5.41, 5.74) is 2.10. The first-order valence-corrected chi connectivity index (χ1v) is 8.81. The van der Waals surface area contributed by atoms with Gasteiger partial charge in [0, 0.05) is 5.56 Å². The van der Waals surface area contributed by atoms with Gasteiger partial charge in [0.15, 0.2) is 5.78 Å². The summed E-state index contributed by atoms with van der Waals surface area (Å²) in [5.74, 6) is -0.404. The van der Waals surface area contributed by atoms with Crippen molar-refractivity contribution >= 4 is 11.8 Å². The van der Waals surface area contributed by atoms with Crippen molar-refractivity contribution in [1.29, 1.82) is 0 Å². The van der Waals surface area contributed by atoms with Gasteiger partial charge < -0.3 is 4.74 Å². The van der Waals surface area contributed by atoms with E-state index in [0.717, 1.165) is 18.4 Å². The number of benzene rings is 1. The van der Waals surface area contributed by atoms with Crippen LogP contribution in [0.2, 0.25) is 0 Å². The van der Waals surface area contributed by atoms with E-state index in [2.05, 4.69) is 6.92 Å². The van der Waals surface area contributed by atoms with Gasteiger partial charge in [0.2, 0.25) is 0 Å². The summed E-state index contributed by atoms with van der Waals surface area (Å²) in [6, 6.07) is 5.36. The standard InChI is InChI=1S/C20H30O3/c1-4-5-6-7-8-9-10-11-12-17-13-18(16(2)21)15-19(14-17)20(22)23-3/h13-15H,4-12H2,1-3H3. The Morgan fingerprint density at radius 1 is 0.870 bits per heavy atom. The van der Waals surface area contributed by atoms with E-state index in [1.165, 1.54) is 59.0 Å². The second kappa shape index (κ2) is 11.0. The zero-order valence-electron chi connectivity index (χ0n) is 14.8. The average Bonchev–Trinajstić information content (AvgIpc) is 2.56. The third kappa shape index (κ3) is 7.45. The molecule has 1 aromatic carbocycles. The second-order valence-corrected chi connectivity index (χ2v) is 6.19. The van der Waals surface area contributed by atoms with Crippen LogP contribution < -0.4 is 0 Å². The number of aryl methyl sites for hydroxylation is 1. The van der Waals surface area contributed by atoms with Crippen LogP contribution >= 0.6 is 0 Å². The minimum absolute atomic E-state index is 0.0204. The fourth-order valence-electron chi connectivity index (χ4n) is 2.74. The van der Waals surface area contributed by atoms with E-state index in [1.807, 2.05) is 12.1 Å². The molecule has 1 rings (SSSR count). The lowest BCUT2D eigenvalue weighted by atomic mass is 9.99. The van der Waals surface area contributed by atoms with Crippen LogP contribution in [0.5, 0.6) is 0 Å². The predicted octanol–water partition coefficient (Wildman–Crippen LogP) is 5.36. The van der Waals surface area contributed by atoms with Gasteiger partial charge in [-0.1, -0.05) is 51.9 Å². The van der Waals surface area contributed by atoms with E-state index in [4.69, 9.17) is 4.74 Å². The Labute approximate surface area is 140 Å². The highest BCUT2D eigenvalue weighted by Gasteiger charge is 2.11. The highest BCUT2D eigenvalue weighted by Crippen LogP contribution is 2.16. The molecule has 128 valence electrons. The number of hydrogen-bond donors (Lipinski definition) is 0. The summed E-state index contributed by atoms with van der Waals surface area (Å²) in [5, 5.41) is 0. The van der Waals surface area contributed by atoms with Gasteiger partial charge >= 0.3 is 5.97 Å². The first-order valence-electron chi connectivity index (χ1n) is 8.81. The summed E-state index contributed by atoms with van der Waals surface area (Å²) < 4.78 is 4.77. The van der Waals surface area contributed by atoms with E-state index < -0.39 is 0 Å². The molecule has 0 bridgehead atoms. The number of esters is 1. The maximum atomic E-state index is 11.7. The van der Waals surface area contributed by atoms with Crippen LogP contribution in [-0.2, 0) is 11.2 Å². The second-order valence-electron chi connectivity index (χ2n) is 6.19. The molecule has 0 aliphatic heterocycles. The van der Waals surface area contributed by atoms with Gasteiger partial charge in [-0.3, -0.25) is 4.79 Å². The number of ether oxygens (including phenoxy) is 1. The molecule has 0 amide bonds. The first-order chi connectivity index (χ1) is 11.1. The number of Topliss-reactive ketones (excluding diaryl/α,β-unsaturated/α-hetero) is 1. The number of ketones is 1. The van der Waals surface area contributed by atoms with Gasteiger partial charge in [-0.25, -0.2) is 4.79 Å². The molecule has 3 heteroatoms. The molecule has 3 nitrogen and oxygen atoms in total. The maximum absolute atomic E-state index is 11.7. The Hall–Kier alpha value is -1.64. The molecule has 0 spiro atoms. The summed E-state index contributed by atoms with van der Waals surface area (Å²) >= 11 is 0. The quantitative estimate of drug-likeness (QED) is 0.313. The Bertz CT molecular complexity index is 506. The molecule has 0 N–H and O–H groups in total. The van der Waals surface area contributed by atoms with Crippen molar-refractivity contribution in [2.45, 2.75) is 71.6 Å². The highest BCUT2D eigenvalue weighted by atomic mass is 16.5. The molecule has 0 saturated heterocycles. The molecule has 0 fully saturated rings. The fraction of sp³-hybridized carbons (Fsp3) is 0.600. The zero-order chi connectivity index (χ0) is 17.1. The topological polar surface area (TPSA) is 43.4 Å². The molecule has 0 saturated carbocycles. The van der Waals surface area contributed by atoms with Gasteiger partial charge in [0.1, 0.15) is 0 Å². The summed E-state index contributed by atoms with van der Waals surface area (Å²) in [7, 11) is 1.36. The van der Waals surface area contributed by atoms with Crippen LogP contribution in [0.4, 0.5) is 0 Å². The van der Waals surface area contributed by atoms with Crippen molar-refractivity contribution in [1.82, 2.24) is 0 Å². The van der Waals surface area contributed by atoms with Crippen molar-refractivity contribution in [2.24, 2.45) is 0 Å². The maximum Gasteiger partial charge on any atom is 0.337 e. The highest BCUT2D eigenvalue weighted by molar-refractivity contribution is 5.98. The molecule has 0 aliphatic carbocycles. The Balaban J connectivity index is 2.47. The molecule has 0 heterocycles. The van der Waals surface area contributed by atoms with Crippen LogP contribution in [0.1, 0.15) is 91.5 Å². The molecular weight excluding hydrogens is 288 g/mol. The Morgan fingerprint density at radius 2 is 1.43 bits per heavy atom. The van der Waals surface area contributed by atoms with Crippen molar-refractivity contribution in [3.8, 4) is 0 Å². The summed E-state index contributed by atoms with van der Waals surface area (Å²) in [6.45, 7) is 3.76. The zero-order valence-corrected chi connectivity index (χ0v) is 14.8. The van der Waals surface area contributed by atoms with Crippen LogP contribution in [0.25, 0.3) is 0 Å². The molecule has 0 unspecified atom stereocenters. The SMILES string of the molecule is CCCCCCCCCCc1cc(C(C)=O)cc(C(=O)OC)c1. The molecule has 0 atom stereocenters. The van der Waals surface area contributed by atoms with Gasteiger partial charge in [-0.15, -0.1) is 0 Å². The van der Waals surface area contributed by atoms with Crippen LogP contribution in [0.15, 0.2) is 18.2 Å². The average molecular weight is 318 g/mol. The molecule has 0 aromatic heterocycles. The van der Waals surface area contributed by atoms with Crippen LogP contribution in [0, 0.1) is 0 Å². The monoisotopic (exact) mass is 318 g/mol. The molecule has 0 aliphatic rings. The molecular formula is C20H30O3. The third-order valence-corrected chi connectivity index (χ3v) is 4.14. The van der Waals surface area contributed by atoms with Gasteiger partial charge in [-0.2, -0.15) is 0 Å². The van der Waals surface area contributed by atoms with Crippen LogP contribution in [-0.4, -0.2) is 18.9 Å². The summed E-state index contributed by atoms with van der Waals surface area (Å²) in [4.78, 5) is 23.3. The minimum atomic E-state index is -0.384. The fourth-order valence-corrected chi connectivity index (χ4v) is 2.74. The summed E-state index contributed by atoms with van der Waals surface area (Å²) in [6.07, 6.45) is 11.1. The first kappa shape index (κ1) is 19.4. The number of carbonyl (C=O) groups is 2. The van der Waals surface area contributed by atoms with Crippen LogP contribution in [0.3, 0.4) is 0 Å². The van der Waals surface area contributed by atoms with E-state index in [1.54, 1.807) is 6.07 Å². The number of carbonyl (C=O) groups excluding carboxylic acids is 2.